The molecule has 0 aromatic heterocycles. The number of para-hydroxylation sites is 1. The van der Waals surface area contributed by atoms with Crippen LogP contribution in [0.2, 0.25) is 0 Å². The number of rotatable bonds is 6. The molecule has 0 heterocycles. The second-order valence-corrected chi connectivity index (χ2v) is 6.88. The number of ether oxygens (including phenoxy) is 1. The van der Waals surface area contributed by atoms with Crippen molar-refractivity contribution in [3.8, 4) is 22.6 Å². The lowest BCUT2D eigenvalue weighted by Gasteiger charge is -2.16. The molecule has 0 aliphatic rings. The van der Waals surface area contributed by atoms with Crippen molar-refractivity contribution < 1.29 is 14.7 Å². The van der Waals surface area contributed by atoms with E-state index in [0.717, 1.165) is 33.8 Å². The molecule has 1 amide bonds. The molecule has 0 saturated carbocycles. The van der Waals surface area contributed by atoms with Crippen LogP contribution in [-0.4, -0.2) is 11.1 Å². The first-order valence-electron chi connectivity index (χ1n) is 9.67. The van der Waals surface area contributed by atoms with Crippen molar-refractivity contribution in [1.29, 1.82) is 0 Å². The second-order valence-electron chi connectivity index (χ2n) is 6.88. The first-order valence-corrected chi connectivity index (χ1v) is 9.67. The SMILES string of the molecule is O=C(NO)C(c1ccccc1)c1ccc(-c2ccc(Oc3ccccc3)cc2)cc1. The first kappa shape index (κ1) is 19.4. The molecule has 0 aliphatic carbocycles. The molecule has 0 radical (unpaired) electrons. The molecule has 0 aliphatic heterocycles. The zero-order chi connectivity index (χ0) is 20.8. The van der Waals surface area contributed by atoms with E-state index in [0.29, 0.717) is 0 Å². The number of hydroxylamine groups is 1. The van der Waals surface area contributed by atoms with Crippen LogP contribution in [0.3, 0.4) is 0 Å². The molecule has 4 nitrogen and oxygen atoms in total. The largest absolute Gasteiger partial charge is 0.457 e. The van der Waals surface area contributed by atoms with Gasteiger partial charge in [0.2, 0.25) is 0 Å². The third-order valence-electron chi connectivity index (χ3n) is 4.92. The molecule has 4 aromatic rings. The molecule has 4 aromatic carbocycles. The number of nitrogens with one attached hydrogen (secondary N) is 1. The average molecular weight is 395 g/mol. The van der Waals surface area contributed by atoms with Gasteiger partial charge in [0, 0.05) is 0 Å². The molecule has 4 rings (SSSR count). The van der Waals surface area contributed by atoms with Crippen LogP contribution in [0.15, 0.2) is 109 Å². The van der Waals surface area contributed by atoms with Crippen LogP contribution in [0.1, 0.15) is 17.0 Å². The molecule has 1 unspecified atom stereocenters. The Balaban J connectivity index is 1.54. The summed E-state index contributed by atoms with van der Waals surface area (Å²) in [6.07, 6.45) is 0. The molecule has 4 heteroatoms. The van der Waals surface area contributed by atoms with Crippen molar-refractivity contribution in [2.45, 2.75) is 5.92 Å². The van der Waals surface area contributed by atoms with Gasteiger partial charge in [-0.2, -0.15) is 0 Å². The Morgan fingerprint density at radius 3 is 1.67 bits per heavy atom. The quantitative estimate of drug-likeness (QED) is 0.321. The lowest BCUT2D eigenvalue weighted by atomic mass is 9.89. The molecule has 1 atom stereocenters. The first-order chi connectivity index (χ1) is 14.7. The number of amides is 1. The van der Waals surface area contributed by atoms with Crippen molar-refractivity contribution in [2.75, 3.05) is 0 Å². The van der Waals surface area contributed by atoms with Gasteiger partial charge in [0.25, 0.3) is 5.91 Å². The van der Waals surface area contributed by atoms with Crippen LogP contribution in [0, 0.1) is 0 Å². The van der Waals surface area contributed by atoms with E-state index < -0.39 is 11.8 Å². The minimum atomic E-state index is -0.577. The highest BCUT2D eigenvalue weighted by atomic mass is 16.5. The smallest absolute Gasteiger partial charge is 0.255 e. The molecule has 0 spiro atoms. The summed E-state index contributed by atoms with van der Waals surface area (Å²) in [6.45, 7) is 0. The topological polar surface area (TPSA) is 58.6 Å². The third kappa shape index (κ3) is 4.40. The number of hydrogen-bond donors (Lipinski definition) is 2. The van der Waals surface area contributed by atoms with Gasteiger partial charge in [-0.3, -0.25) is 10.0 Å². The van der Waals surface area contributed by atoms with E-state index >= 15 is 0 Å². The highest BCUT2D eigenvalue weighted by Crippen LogP contribution is 2.29. The van der Waals surface area contributed by atoms with Gasteiger partial charge >= 0.3 is 0 Å². The summed E-state index contributed by atoms with van der Waals surface area (Å²) in [6, 6.07) is 34.7. The van der Waals surface area contributed by atoms with Gasteiger partial charge in [-0.05, 0) is 46.5 Å². The molecule has 0 bridgehead atoms. The zero-order valence-corrected chi connectivity index (χ0v) is 16.2. The Bertz CT molecular complexity index is 1090. The van der Waals surface area contributed by atoms with E-state index in [-0.39, 0.29) is 0 Å². The summed E-state index contributed by atoms with van der Waals surface area (Å²) >= 11 is 0. The van der Waals surface area contributed by atoms with Gasteiger partial charge < -0.3 is 4.74 Å². The Labute approximate surface area is 175 Å². The highest BCUT2D eigenvalue weighted by molar-refractivity contribution is 5.86. The Morgan fingerprint density at radius 1 is 0.633 bits per heavy atom. The summed E-state index contributed by atoms with van der Waals surface area (Å²) in [5.74, 6) is 0.525. The predicted octanol–water partition coefficient (Wildman–Crippen LogP) is 5.78. The number of carbonyl (C=O) groups is 1. The lowest BCUT2D eigenvalue weighted by Crippen LogP contribution is -2.27. The molecule has 148 valence electrons. The minimum Gasteiger partial charge on any atom is -0.457 e. The molecule has 0 saturated heterocycles. The fourth-order valence-electron chi connectivity index (χ4n) is 3.41. The highest BCUT2D eigenvalue weighted by Gasteiger charge is 2.22. The molecule has 2 N–H and O–H groups in total. The predicted molar refractivity (Wildman–Crippen MR) is 117 cm³/mol. The zero-order valence-electron chi connectivity index (χ0n) is 16.2. The summed E-state index contributed by atoms with van der Waals surface area (Å²) in [5.41, 5.74) is 5.48. The minimum absolute atomic E-state index is 0.462. The standard InChI is InChI=1S/C26H21NO3/c28-26(27-29)25(21-7-3-1-4-8-21)22-13-11-19(12-14-22)20-15-17-24(18-16-20)30-23-9-5-2-6-10-23/h1-18,25,29H,(H,27,28). The fourth-order valence-corrected chi connectivity index (χ4v) is 3.41. The van der Waals surface area contributed by atoms with E-state index in [2.05, 4.69) is 0 Å². The van der Waals surface area contributed by atoms with E-state index in [9.17, 15) is 10.0 Å². The van der Waals surface area contributed by atoms with Crippen molar-refractivity contribution in [1.82, 2.24) is 5.48 Å². The van der Waals surface area contributed by atoms with Crippen LogP contribution in [-0.2, 0) is 4.79 Å². The van der Waals surface area contributed by atoms with Gasteiger partial charge in [-0.15, -0.1) is 0 Å². The number of carbonyl (C=O) groups excluding carboxylic acids is 1. The summed E-state index contributed by atoms with van der Waals surface area (Å²) in [5, 5.41) is 9.18. The van der Waals surface area contributed by atoms with Gasteiger partial charge in [0.05, 0.1) is 5.92 Å². The van der Waals surface area contributed by atoms with Crippen LogP contribution < -0.4 is 10.2 Å². The number of benzene rings is 4. The van der Waals surface area contributed by atoms with Gasteiger partial charge in [0.15, 0.2) is 0 Å². The Morgan fingerprint density at radius 2 is 1.10 bits per heavy atom. The summed E-state index contributed by atoms with van der Waals surface area (Å²) in [4.78, 5) is 12.3. The molecular weight excluding hydrogens is 374 g/mol. The summed E-state index contributed by atoms with van der Waals surface area (Å²) < 4.78 is 5.84. The maximum atomic E-state index is 12.3. The van der Waals surface area contributed by atoms with E-state index in [1.807, 2.05) is 109 Å². The van der Waals surface area contributed by atoms with Crippen LogP contribution in [0.5, 0.6) is 11.5 Å². The lowest BCUT2D eigenvalue weighted by molar-refractivity contribution is -0.129. The summed E-state index contributed by atoms with van der Waals surface area (Å²) in [7, 11) is 0. The normalized spacial score (nSPS) is 11.5. The Hall–Kier alpha value is -3.89. The third-order valence-corrected chi connectivity index (χ3v) is 4.92. The molecule has 30 heavy (non-hydrogen) atoms. The maximum Gasteiger partial charge on any atom is 0.255 e. The van der Waals surface area contributed by atoms with Crippen molar-refractivity contribution >= 4 is 5.91 Å². The second kappa shape index (κ2) is 9.07. The van der Waals surface area contributed by atoms with Crippen LogP contribution in [0.4, 0.5) is 0 Å². The van der Waals surface area contributed by atoms with Gasteiger partial charge in [-0.1, -0.05) is 84.9 Å². The fraction of sp³-hybridized carbons (Fsp3) is 0.0385. The van der Waals surface area contributed by atoms with Crippen molar-refractivity contribution in [3.05, 3.63) is 120 Å². The van der Waals surface area contributed by atoms with Crippen LogP contribution in [0.25, 0.3) is 11.1 Å². The van der Waals surface area contributed by atoms with Crippen molar-refractivity contribution in [3.63, 3.8) is 0 Å². The van der Waals surface area contributed by atoms with E-state index in [1.54, 1.807) is 5.48 Å². The number of hydrogen-bond acceptors (Lipinski definition) is 3. The van der Waals surface area contributed by atoms with Gasteiger partial charge in [0.1, 0.15) is 11.5 Å². The van der Waals surface area contributed by atoms with Crippen molar-refractivity contribution in [2.24, 2.45) is 0 Å². The van der Waals surface area contributed by atoms with Crippen LogP contribution >= 0.6 is 0 Å². The maximum absolute atomic E-state index is 12.3. The molecule has 0 fully saturated rings. The monoisotopic (exact) mass is 395 g/mol. The van der Waals surface area contributed by atoms with E-state index in [4.69, 9.17) is 4.74 Å². The van der Waals surface area contributed by atoms with Gasteiger partial charge in [-0.25, -0.2) is 5.48 Å². The Kier molecular flexibility index (Phi) is 5.88. The average Bonchev–Trinajstić information content (AvgIpc) is 2.81. The van der Waals surface area contributed by atoms with E-state index in [1.165, 1.54) is 0 Å². The molecular formula is C26H21NO3.